The Morgan fingerprint density at radius 3 is 2.06 bits per heavy atom. The Kier molecular flexibility index (Phi) is 8.17. The number of rotatable bonds is 10. The largest absolute Gasteiger partial charge is 0.386 e. The maximum Gasteiger partial charge on any atom is 0.257 e. The lowest BCUT2D eigenvalue weighted by molar-refractivity contribution is -0.125. The number of carbonyl (C=O) groups is 2. The average molecular weight is 485 g/mol. The highest BCUT2D eigenvalue weighted by molar-refractivity contribution is 5.98. The first kappa shape index (κ1) is 26.2. The molecule has 3 N–H and O–H groups in total. The van der Waals surface area contributed by atoms with Crippen LogP contribution in [0.4, 0.5) is 8.78 Å². The predicted octanol–water partition coefficient (Wildman–Crippen LogP) is 3.89. The molecule has 0 aromatic heterocycles. The number of amides is 2. The van der Waals surface area contributed by atoms with Crippen molar-refractivity contribution in [3.05, 3.63) is 81.5 Å². The van der Waals surface area contributed by atoms with Gasteiger partial charge < -0.3 is 15.7 Å². The van der Waals surface area contributed by atoms with Crippen LogP contribution in [0.15, 0.2) is 53.3 Å². The molecule has 0 unspecified atom stereocenters. The van der Waals surface area contributed by atoms with Gasteiger partial charge in [0.25, 0.3) is 5.91 Å². The lowest BCUT2D eigenvalue weighted by atomic mass is 9.94. The molecule has 3 aromatic rings. The summed E-state index contributed by atoms with van der Waals surface area (Å²) in [4.78, 5) is 38.3. The molecule has 3 aromatic carbocycles. The summed E-state index contributed by atoms with van der Waals surface area (Å²) in [5, 5.41) is 16.2. The molecular formula is C27H30F2N2O4. The number of hydrogen-bond donors (Lipinski definition) is 3. The highest BCUT2D eigenvalue weighted by atomic mass is 19.1. The zero-order valence-corrected chi connectivity index (χ0v) is 20.1. The normalized spacial score (nSPS) is 14.2. The van der Waals surface area contributed by atoms with Crippen molar-refractivity contribution in [3.63, 3.8) is 0 Å². The van der Waals surface area contributed by atoms with Gasteiger partial charge in [-0.15, -0.1) is 0 Å². The molecule has 0 aliphatic carbocycles. The quantitative estimate of drug-likeness (QED) is 0.407. The van der Waals surface area contributed by atoms with Crippen LogP contribution < -0.4 is 16.1 Å². The molecule has 0 aliphatic heterocycles. The van der Waals surface area contributed by atoms with Gasteiger partial charge in [-0.2, -0.15) is 0 Å². The van der Waals surface area contributed by atoms with Crippen LogP contribution in [-0.2, 0) is 4.79 Å². The molecule has 6 nitrogen and oxygen atoms in total. The van der Waals surface area contributed by atoms with Gasteiger partial charge in [-0.05, 0) is 36.0 Å². The fraction of sp³-hybridized carbons (Fsp3) is 0.370. The van der Waals surface area contributed by atoms with Crippen LogP contribution in [0.1, 0.15) is 56.1 Å². The number of hydrogen-bond acceptors (Lipinski definition) is 4. The van der Waals surface area contributed by atoms with E-state index in [1.54, 1.807) is 38.1 Å². The fourth-order valence-electron chi connectivity index (χ4n) is 4.06. The summed E-state index contributed by atoms with van der Waals surface area (Å²) in [6, 6.07) is 10.1. The summed E-state index contributed by atoms with van der Waals surface area (Å²) in [5.74, 6) is -4.02. The van der Waals surface area contributed by atoms with E-state index in [4.69, 9.17) is 0 Å². The molecule has 0 saturated carbocycles. The summed E-state index contributed by atoms with van der Waals surface area (Å²) >= 11 is 0. The maximum absolute atomic E-state index is 14.1. The molecule has 8 heteroatoms. The van der Waals surface area contributed by atoms with E-state index in [-0.39, 0.29) is 29.2 Å². The SMILES string of the molecule is CC(C)C[C@H](NC(=O)c1c(F)cccc1F)C(=O)N[C@@H](C(C)C)[C@@H](O)c1c(-c2ccccc2)c1=O. The molecule has 2 amide bonds. The van der Waals surface area contributed by atoms with Crippen molar-refractivity contribution in [1.29, 1.82) is 0 Å². The van der Waals surface area contributed by atoms with Crippen LogP contribution in [0.3, 0.4) is 0 Å². The van der Waals surface area contributed by atoms with E-state index in [1.807, 2.05) is 19.9 Å². The molecule has 0 fully saturated rings. The Bertz CT molecular complexity index is 1180. The first-order valence-corrected chi connectivity index (χ1v) is 11.6. The number of nitrogens with one attached hydrogen (secondary N) is 2. The van der Waals surface area contributed by atoms with Crippen LogP contribution in [0, 0.1) is 23.5 Å². The fourth-order valence-corrected chi connectivity index (χ4v) is 4.06. The van der Waals surface area contributed by atoms with Crippen LogP contribution in [-0.4, -0.2) is 29.0 Å². The van der Waals surface area contributed by atoms with Crippen LogP contribution in [0.25, 0.3) is 11.1 Å². The molecule has 0 bridgehead atoms. The second kappa shape index (κ2) is 10.9. The molecule has 0 radical (unpaired) electrons. The monoisotopic (exact) mass is 484 g/mol. The maximum atomic E-state index is 14.1. The zero-order valence-electron chi connectivity index (χ0n) is 20.1. The van der Waals surface area contributed by atoms with Crippen molar-refractivity contribution in [2.24, 2.45) is 11.8 Å². The summed E-state index contributed by atoms with van der Waals surface area (Å²) in [6.45, 7) is 7.25. The van der Waals surface area contributed by atoms with Gasteiger partial charge in [-0.3, -0.25) is 14.4 Å². The smallest absolute Gasteiger partial charge is 0.257 e. The van der Waals surface area contributed by atoms with Gasteiger partial charge in [-0.25, -0.2) is 8.78 Å². The van der Waals surface area contributed by atoms with Gasteiger partial charge in [0.05, 0.1) is 6.04 Å². The van der Waals surface area contributed by atoms with E-state index in [0.717, 1.165) is 18.2 Å². The number of halogens is 2. The Balaban J connectivity index is 1.79. The molecule has 186 valence electrons. The third-order valence-corrected chi connectivity index (χ3v) is 5.92. The minimum Gasteiger partial charge on any atom is -0.386 e. The Hall–Kier alpha value is -3.39. The third kappa shape index (κ3) is 6.00. The molecular weight excluding hydrogens is 454 g/mol. The predicted molar refractivity (Wildman–Crippen MR) is 129 cm³/mol. The average Bonchev–Trinajstić information content (AvgIpc) is 3.47. The summed E-state index contributed by atoms with van der Waals surface area (Å²) < 4.78 is 28.1. The van der Waals surface area contributed by atoms with Crippen molar-refractivity contribution >= 4 is 11.8 Å². The van der Waals surface area contributed by atoms with Crippen LogP contribution in [0.2, 0.25) is 0 Å². The molecule has 3 rings (SSSR count). The van der Waals surface area contributed by atoms with E-state index in [2.05, 4.69) is 10.6 Å². The second-order valence-electron chi connectivity index (χ2n) is 9.46. The van der Waals surface area contributed by atoms with Gasteiger partial charge in [0.15, 0.2) is 5.43 Å². The van der Waals surface area contributed by atoms with Crippen molar-refractivity contribution in [1.82, 2.24) is 10.6 Å². The summed E-state index contributed by atoms with van der Waals surface area (Å²) in [6.07, 6.45) is -1.05. The summed E-state index contributed by atoms with van der Waals surface area (Å²) in [5.41, 5.74) is 0.340. The topological polar surface area (TPSA) is 95.5 Å². The third-order valence-electron chi connectivity index (χ3n) is 5.92. The zero-order chi connectivity index (χ0) is 25.9. The van der Waals surface area contributed by atoms with Crippen molar-refractivity contribution in [2.45, 2.75) is 52.3 Å². The van der Waals surface area contributed by atoms with Crippen LogP contribution in [0.5, 0.6) is 0 Å². The Morgan fingerprint density at radius 2 is 1.51 bits per heavy atom. The number of benzene rings is 2. The number of carbonyl (C=O) groups excluding carboxylic acids is 2. The van der Waals surface area contributed by atoms with Gasteiger partial charge in [-0.1, -0.05) is 64.1 Å². The Labute approximate surface area is 203 Å². The van der Waals surface area contributed by atoms with Gasteiger partial charge >= 0.3 is 0 Å². The van der Waals surface area contributed by atoms with Crippen LogP contribution >= 0.6 is 0 Å². The minimum atomic E-state index is -1.25. The lowest BCUT2D eigenvalue weighted by Crippen LogP contribution is -2.53. The van der Waals surface area contributed by atoms with Crippen molar-refractivity contribution in [2.75, 3.05) is 0 Å². The van der Waals surface area contributed by atoms with E-state index < -0.39 is 47.2 Å². The van der Waals surface area contributed by atoms with E-state index in [9.17, 15) is 28.3 Å². The molecule has 3 atom stereocenters. The van der Waals surface area contributed by atoms with E-state index in [0.29, 0.717) is 11.1 Å². The molecule has 35 heavy (non-hydrogen) atoms. The number of aliphatic hydroxyl groups is 1. The number of aliphatic hydroxyl groups excluding tert-OH is 1. The van der Waals surface area contributed by atoms with Gasteiger partial charge in [0.1, 0.15) is 29.3 Å². The van der Waals surface area contributed by atoms with E-state index in [1.165, 1.54) is 0 Å². The highest BCUT2D eigenvalue weighted by Gasteiger charge is 2.37. The lowest BCUT2D eigenvalue weighted by Gasteiger charge is -2.29. The molecule has 0 saturated heterocycles. The van der Waals surface area contributed by atoms with E-state index >= 15 is 0 Å². The summed E-state index contributed by atoms with van der Waals surface area (Å²) in [7, 11) is 0. The minimum absolute atomic E-state index is 0.0312. The highest BCUT2D eigenvalue weighted by Crippen LogP contribution is 2.33. The molecule has 0 aliphatic rings. The first-order valence-electron chi connectivity index (χ1n) is 11.6. The van der Waals surface area contributed by atoms with Crippen molar-refractivity contribution < 1.29 is 23.5 Å². The molecule has 0 heterocycles. The van der Waals surface area contributed by atoms with Gasteiger partial charge in [0, 0.05) is 11.1 Å². The first-order chi connectivity index (χ1) is 16.5. The second-order valence-corrected chi connectivity index (χ2v) is 9.46. The van der Waals surface area contributed by atoms with Crippen molar-refractivity contribution in [3.8, 4) is 11.1 Å². The van der Waals surface area contributed by atoms with Gasteiger partial charge in [0.2, 0.25) is 5.91 Å². The standard InChI is InChI=1S/C27H30F2N2O4/c1-14(2)13-19(30-27(35)21-17(28)11-8-12-18(21)29)26(34)31-23(15(3)4)25(33)22-20(24(22)32)16-9-6-5-7-10-16/h5-12,14-15,19,23,25,33H,13H2,1-4H3,(H,30,35)(H,31,34)/t19-,23-,25-/m0/s1. The Morgan fingerprint density at radius 1 is 0.914 bits per heavy atom. The molecule has 0 spiro atoms.